The third-order valence-electron chi connectivity index (χ3n) is 11.4. The van der Waals surface area contributed by atoms with Gasteiger partial charge in [-0.05, 0) is 74.6 Å². The number of amides is 2. The minimum atomic E-state index is -0.295. The second-order valence-corrected chi connectivity index (χ2v) is 15.2. The lowest BCUT2D eigenvalue weighted by molar-refractivity contribution is -0.127. The molecule has 2 aliphatic heterocycles. The summed E-state index contributed by atoms with van der Waals surface area (Å²) in [5, 5.41) is 5.56. The van der Waals surface area contributed by atoms with Crippen molar-refractivity contribution in [3.63, 3.8) is 0 Å². The van der Waals surface area contributed by atoms with Crippen LogP contribution < -0.4 is 10.9 Å². The number of piperidine rings is 1. The number of benzene rings is 3. The van der Waals surface area contributed by atoms with Gasteiger partial charge in [-0.1, -0.05) is 49.6 Å². The highest BCUT2D eigenvalue weighted by Gasteiger charge is 2.23. The van der Waals surface area contributed by atoms with Gasteiger partial charge < -0.3 is 24.3 Å². The van der Waals surface area contributed by atoms with Crippen LogP contribution in [0.5, 0.6) is 0 Å². The second kappa shape index (κ2) is 16.1. The third kappa shape index (κ3) is 7.55. The Morgan fingerprint density at radius 2 is 1.77 bits per heavy atom. The third-order valence-corrected chi connectivity index (χ3v) is 11.4. The number of aromatic nitrogens is 5. The molecule has 0 unspecified atom stereocenters. The van der Waals surface area contributed by atoms with Crippen molar-refractivity contribution in [3.8, 4) is 11.4 Å². The number of hydrogen-bond donors (Lipinski definition) is 2. The molecule has 56 heavy (non-hydrogen) atoms. The summed E-state index contributed by atoms with van der Waals surface area (Å²) in [5.41, 5.74) is 7.38. The van der Waals surface area contributed by atoms with Crippen LogP contribution in [0.15, 0.2) is 96.4 Å². The van der Waals surface area contributed by atoms with Gasteiger partial charge in [0, 0.05) is 98.5 Å². The SMILES string of the molecule is C=C/C=C\C(=C)CN1CCC(NC(=O)CCc2nc3cc4c(cc3[nH]c2=O)nc(-c2ccc3c(c2)c2ccccc2n3CC)n4CCCN2CCCC2=O)CC1. The molecule has 8 rings (SSSR count). The molecule has 3 aromatic carbocycles. The maximum atomic E-state index is 13.3. The molecule has 2 N–H and O–H groups in total. The molecule has 2 fully saturated rings. The maximum Gasteiger partial charge on any atom is 0.270 e. The number of imidazole rings is 1. The van der Waals surface area contributed by atoms with E-state index in [0.717, 1.165) is 86.4 Å². The molecule has 0 atom stereocenters. The van der Waals surface area contributed by atoms with Crippen molar-refractivity contribution in [1.29, 1.82) is 0 Å². The summed E-state index contributed by atoms with van der Waals surface area (Å²) >= 11 is 0. The van der Waals surface area contributed by atoms with Gasteiger partial charge in [0.25, 0.3) is 5.56 Å². The number of allylic oxidation sites excluding steroid dienone is 2. The van der Waals surface area contributed by atoms with E-state index in [2.05, 4.69) is 86.9 Å². The first-order valence-corrected chi connectivity index (χ1v) is 20.0. The highest BCUT2D eigenvalue weighted by Crippen LogP contribution is 2.34. The van der Waals surface area contributed by atoms with Crippen LogP contribution in [-0.4, -0.2) is 84.5 Å². The van der Waals surface area contributed by atoms with Crippen molar-refractivity contribution in [2.24, 2.45) is 0 Å². The fourth-order valence-corrected chi connectivity index (χ4v) is 8.56. The molecule has 288 valence electrons. The molecule has 2 amide bonds. The minimum absolute atomic E-state index is 0.0724. The predicted molar refractivity (Wildman–Crippen MR) is 225 cm³/mol. The highest BCUT2D eigenvalue weighted by atomic mass is 16.2. The number of rotatable bonds is 14. The number of nitrogens with zero attached hydrogens (tertiary/aromatic N) is 6. The summed E-state index contributed by atoms with van der Waals surface area (Å²) in [6.45, 7) is 15.6. The lowest BCUT2D eigenvalue weighted by atomic mass is 10.0. The van der Waals surface area contributed by atoms with Crippen LogP contribution in [0.4, 0.5) is 0 Å². The smallest absolute Gasteiger partial charge is 0.270 e. The first kappa shape index (κ1) is 37.1. The lowest BCUT2D eigenvalue weighted by Crippen LogP contribution is -2.45. The van der Waals surface area contributed by atoms with Crippen LogP contribution in [0.1, 0.15) is 51.1 Å². The number of carbonyl (C=O) groups is 2. The summed E-state index contributed by atoms with van der Waals surface area (Å²) in [6, 6.07) is 19.1. The molecule has 6 aromatic rings. The molecule has 2 aliphatic rings. The number of aryl methyl sites for hydroxylation is 3. The Bertz CT molecular complexity index is 2570. The molecule has 2 saturated heterocycles. The molecule has 3 aromatic heterocycles. The molecule has 0 saturated carbocycles. The number of likely N-dealkylation sites (tertiary alicyclic amines) is 2. The quantitative estimate of drug-likeness (QED) is 0.117. The van der Waals surface area contributed by atoms with Crippen LogP contribution >= 0.6 is 0 Å². The predicted octanol–water partition coefficient (Wildman–Crippen LogP) is 6.89. The maximum absolute atomic E-state index is 13.3. The number of carbonyl (C=O) groups excluding carboxylic acids is 2. The Hall–Kier alpha value is -5.81. The Morgan fingerprint density at radius 3 is 2.55 bits per heavy atom. The zero-order chi connectivity index (χ0) is 38.8. The van der Waals surface area contributed by atoms with Gasteiger partial charge in [-0.15, -0.1) is 0 Å². The summed E-state index contributed by atoms with van der Waals surface area (Å²) in [4.78, 5) is 56.1. The Balaban J connectivity index is 1.04. The van der Waals surface area contributed by atoms with Gasteiger partial charge in [-0.2, -0.15) is 0 Å². The average molecular weight is 751 g/mol. The standard InChI is InChI=1S/C45H50N8O3/c1-4-6-11-30(3)29-50-24-19-32(20-25-50)46-42(54)18-16-35-45(56)49-36-27-38-41(28-37(36)47-35)53(23-10-22-51-21-9-14-43(51)55)44(48-38)31-15-17-40-34(26-31)33-12-7-8-13-39(33)52(40)5-2/h4,6-8,11-13,15,17,26-28,32H,1,3,5,9-10,14,16,18-25,29H2,2H3,(H,46,54)(H,49,56)/b11-6-. The molecule has 0 spiro atoms. The van der Waals surface area contributed by atoms with Gasteiger partial charge in [0.2, 0.25) is 11.8 Å². The van der Waals surface area contributed by atoms with Crippen LogP contribution in [-0.2, 0) is 29.1 Å². The first-order chi connectivity index (χ1) is 27.3. The van der Waals surface area contributed by atoms with Crippen molar-refractivity contribution in [1.82, 2.24) is 39.2 Å². The lowest BCUT2D eigenvalue weighted by Gasteiger charge is -2.32. The van der Waals surface area contributed by atoms with E-state index in [4.69, 9.17) is 9.97 Å². The van der Waals surface area contributed by atoms with E-state index in [1.54, 1.807) is 6.08 Å². The molecule has 0 radical (unpaired) electrons. The van der Waals surface area contributed by atoms with E-state index in [1.807, 2.05) is 29.2 Å². The van der Waals surface area contributed by atoms with Crippen LogP contribution in [0.25, 0.3) is 55.3 Å². The summed E-state index contributed by atoms with van der Waals surface area (Å²) in [7, 11) is 0. The largest absolute Gasteiger partial charge is 0.353 e. The molecule has 0 aliphatic carbocycles. The zero-order valence-corrected chi connectivity index (χ0v) is 32.2. The highest BCUT2D eigenvalue weighted by molar-refractivity contribution is 6.09. The van der Waals surface area contributed by atoms with E-state index in [1.165, 1.54) is 21.8 Å². The monoisotopic (exact) mass is 750 g/mol. The van der Waals surface area contributed by atoms with E-state index in [-0.39, 0.29) is 36.3 Å². The van der Waals surface area contributed by atoms with Crippen LogP contribution in [0.2, 0.25) is 0 Å². The van der Waals surface area contributed by atoms with Crippen molar-refractivity contribution >= 4 is 55.7 Å². The molecule has 5 heterocycles. The number of hydrogen-bond acceptors (Lipinski definition) is 6. The van der Waals surface area contributed by atoms with Crippen molar-refractivity contribution in [3.05, 3.63) is 108 Å². The van der Waals surface area contributed by atoms with Gasteiger partial charge in [0.15, 0.2) is 0 Å². The first-order valence-electron chi connectivity index (χ1n) is 20.0. The fourth-order valence-electron chi connectivity index (χ4n) is 8.56. The zero-order valence-electron chi connectivity index (χ0n) is 32.2. The normalized spacial score (nSPS) is 15.7. The van der Waals surface area contributed by atoms with Gasteiger partial charge >= 0.3 is 0 Å². The summed E-state index contributed by atoms with van der Waals surface area (Å²) in [6.07, 6.45) is 10.1. The number of para-hydroxylation sites is 1. The second-order valence-electron chi connectivity index (χ2n) is 15.2. The molecular weight excluding hydrogens is 701 g/mol. The Labute approximate surface area is 326 Å². The molecule has 0 bridgehead atoms. The molecular formula is C45H50N8O3. The van der Waals surface area contributed by atoms with Crippen LogP contribution in [0, 0.1) is 0 Å². The Kier molecular flexibility index (Phi) is 10.7. The molecule has 11 heteroatoms. The number of nitrogens with one attached hydrogen (secondary N) is 2. The number of fused-ring (bicyclic) bond motifs is 5. The summed E-state index contributed by atoms with van der Waals surface area (Å²) < 4.78 is 4.57. The van der Waals surface area contributed by atoms with E-state index < -0.39 is 0 Å². The van der Waals surface area contributed by atoms with E-state index in [9.17, 15) is 14.4 Å². The van der Waals surface area contributed by atoms with Crippen molar-refractivity contribution in [2.75, 3.05) is 32.7 Å². The van der Waals surface area contributed by atoms with E-state index >= 15 is 0 Å². The minimum Gasteiger partial charge on any atom is -0.353 e. The van der Waals surface area contributed by atoms with Gasteiger partial charge in [-0.3, -0.25) is 19.3 Å². The average Bonchev–Trinajstić information content (AvgIpc) is 3.88. The number of aromatic amines is 1. The summed E-state index contributed by atoms with van der Waals surface area (Å²) in [5.74, 6) is 0.980. The Morgan fingerprint density at radius 1 is 0.946 bits per heavy atom. The van der Waals surface area contributed by atoms with Crippen LogP contribution in [0.3, 0.4) is 0 Å². The van der Waals surface area contributed by atoms with Crippen molar-refractivity contribution < 1.29 is 9.59 Å². The molecule has 11 nitrogen and oxygen atoms in total. The topological polar surface area (TPSA) is 121 Å². The van der Waals surface area contributed by atoms with E-state index in [0.29, 0.717) is 36.2 Å². The fraction of sp³-hybridized carbons (Fsp3) is 0.356. The number of H-pyrrole nitrogens is 1. The van der Waals surface area contributed by atoms with Gasteiger partial charge in [0.1, 0.15) is 11.5 Å². The van der Waals surface area contributed by atoms with Gasteiger partial charge in [-0.25, -0.2) is 9.97 Å². The van der Waals surface area contributed by atoms with Crippen molar-refractivity contribution in [2.45, 2.75) is 71.0 Å². The van der Waals surface area contributed by atoms with Gasteiger partial charge in [0.05, 0.1) is 22.1 Å².